The minimum absolute atomic E-state index is 0.263. The van der Waals surface area contributed by atoms with Crippen LogP contribution in [-0.2, 0) is 6.54 Å². The first-order chi connectivity index (χ1) is 9.57. The van der Waals surface area contributed by atoms with Gasteiger partial charge in [0.15, 0.2) is 0 Å². The summed E-state index contributed by atoms with van der Waals surface area (Å²) in [7, 11) is 0. The van der Waals surface area contributed by atoms with Crippen molar-refractivity contribution in [3.05, 3.63) is 39.4 Å². The number of nitro benzene ring substituents is 1. The number of nitrogens with one attached hydrogen (secondary N) is 1. The first-order valence-electron chi connectivity index (χ1n) is 5.79. The highest BCUT2D eigenvalue weighted by molar-refractivity contribution is 7.99. The van der Waals surface area contributed by atoms with Gasteiger partial charge in [-0.1, -0.05) is 18.1 Å². The van der Waals surface area contributed by atoms with Crippen molar-refractivity contribution in [1.29, 1.82) is 0 Å². The van der Waals surface area contributed by atoms with Gasteiger partial charge in [0.25, 0.3) is 5.69 Å². The van der Waals surface area contributed by atoms with Gasteiger partial charge < -0.3 is 10.4 Å². The van der Waals surface area contributed by atoms with Crippen molar-refractivity contribution in [3.8, 4) is 12.3 Å². The van der Waals surface area contributed by atoms with Gasteiger partial charge in [-0.05, 0) is 5.56 Å². The number of nitro groups is 1. The molecule has 0 aliphatic rings. The molecular formula is C13H14N2O4S. The van der Waals surface area contributed by atoms with Gasteiger partial charge in [0.1, 0.15) is 5.56 Å². The Hall–Kier alpha value is -2.04. The van der Waals surface area contributed by atoms with Crippen LogP contribution in [0.15, 0.2) is 18.2 Å². The molecule has 106 valence electrons. The van der Waals surface area contributed by atoms with Gasteiger partial charge in [-0.2, -0.15) is 0 Å². The van der Waals surface area contributed by atoms with Crippen molar-refractivity contribution < 1.29 is 14.8 Å². The first kappa shape index (κ1) is 16.0. The van der Waals surface area contributed by atoms with Crippen LogP contribution < -0.4 is 5.32 Å². The molecule has 0 saturated heterocycles. The van der Waals surface area contributed by atoms with Crippen molar-refractivity contribution >= 4 is 23.4 Å². The first-order valence-corrected chi connectivity index (χ1v) is 6.95. The third kappa shape index (κ3) is 4.57. The summed E-state index contributed by atoms with van der Waals surface area (Å²) in [6, 6.07) is 4.24. The largest absolute Gasteiger partial charge is 0.477 e. The van der Waals surface area contributed by atoms with Crippen LogP contribution >= 0.6 is 11.8 Å². The molecule has 0 fully saturated rings. The van der Waals surface area contributed by atoms with Gasteiger partial charge in [-0.15, -0.1) is 18.2 Å². The van der Waals surface area contributed by atoms with Crippen LogP contribution in [0.3, 0.4) is 0 Å². The minimum Gasteiger partial charge on any atom is -0.477 e. The zero-order valence-electron chi connectivity index (χ0n) is 10.7. The maximum Gasteiger partial charge on any atom is 0.343 e. The van der Waals surface area contributed by atoms with Crippen molar-refractivity contribution in [2.75, 3.05) is 18.1 Å². The zero-order valence-corrected chi connectivity index (χ0v) is 11.5. The zero-order chi connectivity index (χ0) is 15.0. The highest BCUT2D eigenvalue weighted by Gasteiger charge is 2.22. The van der Waals surface area contributed by atoms with E-state index in [1.54, 1.807) is 17.8 Å². The predicted molar refractivity (Wildman–Crippen MR) is 77.9 cm³/mol. The molecular weight excluding hydrogens is 280 g/mol. The molecule has 0 amide bonds. The summed E-state index contributed by atoms with van der Waals surface area (Å²) in [5.41, 5.74) is -0.256. The fourth-order valence-corrected chi connectivity index (χ4v) is 2.18. The lowest BCUT2D eigenvalue weighted by Gasteiger charge is -2.08. The molecule has 7 heteroatoms. The van der Waals surface area contributed by atoms with Gasteiger partial charge in [-0.25, -0.2) is 4.79 Å². The number of hydrogen-bond acceptors (Lipinski definition) is 5. The average Bonchev–Trinajstić information content (AvgIpc) is 2.42. The summed E-state index contributed by atoms with van der Waals surface area (Å²) in [6.45, 7) is 0.911. The molecule has 0 saturated carbocycles. The molecule has 0 aromatic heterocycles. The van der Waals surface area contributed by atoms with E-state index in [4.69, 9.17) is 11.5 Å². The standard InChI is InChI=1S/C13H14N2O4S/c1-2-7-20-8-6-14-9-10-4-3-5-11(15(18)19)12(10)13(16)17/h1,3-5,14H,6-9H2,(H,16,17). The van der Waals surface area contributed by atoms with E-state index in [1.165, 1.54) is 12.1 Å². The van der Waals surface area contributed by atoms with Crippen LogP contribution in [0, 0.1) is 22.5 Å². The molecule has 0 heterocycles. The normalized spacial score (nSPS) is 9.95. The molecule has 0 radical (unpaired) electrons. The van der Waals surface area contributed by atoms with Crippen molar-refractivity contribution in [2.24, 2.45) is 0 Å². The minimum atomic E-state index is -1.30. The highest BCUT2D eigenvalue weighted by atomic mass is 32.2. The molecule has 20 heavy (non-hydrogen) atoms. The number of benzene rings is 1. The number of carbonyl (C=O) groups is 1. The van der Waals surface area contributed by atoms with E-state index in [2.05, 4.69) is 11.2 Å². The number of thioether (sulfide) groups is 1. The highest BCUT2D eigenvalue weighted by Crippen LogP contribution is 2.22. The Morgan fingerprint density at radius 2 is 2.30 bits per heavy atom. The lowest BCUT2D eigenvalue weighted by Crippen LogP contribution is -2.19. The molecule has 0 bridgehead atoms. The van der Waals surface area contributed by atoms with Crippen LogP contribution in [-0.4, -0.2) is 34.0 Å². The second-order valence-electron chi connectivity index (χ2n) is 3.81. The Morgan fingerprint density at radius 3 is 2.90 bits per heavy atom. The van der Waals surface area contributed by atoms with E-state index in [0.717, 1.165) is 5.75 Å². The summed E-state index contributed by atoms with van der Waals surface area (Å²) in [5.74, 6) is 2.62. The van der Waals surface area contributed by atoms with Crippen LogP contribution in [0.2, 0.25) is 0 Å². The molecule has 6 nitrogen and oxygen atoms in total. The second kappa shape index (κ2) is 8.19. The monoisotopic (exact) mass is 294 g/mol. The number of rotatable bonds is 8. The fourth-order valence-electron chi connectivity index (χ4n) is 1.63. The van der Waals surface area contributed by atoms with Gasteiger partial charge in [0.2, 0.25) is 0 Å². The average molecular weight is 294 g/mol. The van der Waals surface area contributed by atoms with E-state index in [-0.39, 0.29) is 12.1 Å². The number of hydrogen-bond donors (Lipinski definition) is 2. The number of nitrogens with zero attached hydrogens (tertiary/aromatic N) is 1. The molecule has 0 atom stereocenters. The number of carboxylic acid groups (broad SMARTS) is 1. The number of carboxylic acids is 1. The number of terminal acetylenes is 1. The van der Waals surface area contributed by atoms with Gasteiger partial charge in [0, 0.05) is 24.9 Å². The topological polar surface area (TPSA) is 92.5 Å². The Balaban J connectivity index is 2.70. The van der Waals surface area contributed by atoms with Gasteiger partial charge in [-0.3, -0.25) is 10.1 Å². The molecule has 0 aliphatic carbocycles. The third-order valence-electron chi connectivity index (χ3n) is 2.46. The summed E-state index contributed by atoms with van der Waals surface area (Å²) >= 11 is 1.58. The third-order valence-corrected chi connectivity index (χ3v) is 3.33. The molecule has 0 spiro atoms. The van der Waals surface area contributed by atoms with Gasteiger partial charge in [0.05, 0.1) is 10.7 Å². The van der Waals surface area contributed by atoms with Crippen LogP contribution in [0.25, 0.3) is 0 Å². The van der Waals surface area contributed by atoms with E-state index < -0.39 is 16.6 Å². The van der Waals surface area contributed by atoms with Crippen molar-refractivity contribution in [1.82, 2.24) is 5.32 Å². The Morgan fingerprint density at radius 1 is 1.55 bits per heavy atom. The van der Waals surface area contributed by atoms with Crippen LogP contribution in [0.1, 0.15) is 15.9 Å². The Labute approximate surface area is 120 Å². The number of aromatic carboxylic acids is 1. The lowest BCUT2D eigenvalue weighted by atomic mass is 10.1. The molecule has 0 aliphatic heterocycles. The molecule has 1 aromatic rings. The maximum atomic E-state index is 11.2. The maximum absolute atomic E-state index is 11.2. The van der Waals surface area contributed by atoms with Crippen molar-refractivity contribution in [2.45, 2.75) is 6.54 Å². The van der Waals surface area contributed by atoms with Gasteiger partial charge >= 0.3 is 5.97 Å². The Kier molecular flexibility index (Phi) is 6.56. The summed E-state index contributed by atoms with van der Waals surface area (Å²) in [5, 5.41) is 23.0. The van der Waals surface area contributed by atoms with Crippen LogP contribution in [0.5, 0.6) is 0 Å². The molecule has 1 rings (SSSR count). The SMILES string of the molecule is C#CCSCCNCc1cccc([N+](=O)[O-])c1C(=O)O. The smallest absolute Gasteiger partial charge is 0.343 e. The lowest BCUT2D eigenvalue weighted by molar-refractivity contribution is -0.385. The molecule has 2 N–H and O–H groups in total. The van der Waals surface area contributed by atoms with Crippen molar-refractivity contribution in [3.63, 3.8) is 0 Å². The van der Waals surface area contributed by atoms with E-state index >= 15 is 0 Å². The second-order valence-corrected chi connectivity index (χ2v) is 4.91. The van der Waals surface area contributed by atoms with E-state index in [0.29, 0.717) is 17.9 Å². The quantitative estimate of drug-likeness (QED) is 0.328. The van der Waals surface area contributed by atoms with Crippen LogP contribution in [0.4, 0.5) is 5.69 Å². The molecule has 0 unspecified atom stereocenters. The summed E-state index contributed by atoms with van der Waals surface area (Å²) < 4.78 is 0. The van der Waals surface area contributed by atoms with E-state index in [1.807, 2.05) is 0 Å². The predicted octanol–water partition coefficient (Wildman–Crippen LogP) is 1.75. The fraction of sp³-hybridized carbons (Fsp3) is 0.308. The summed E-state index contributed by atoms with van der Waals surface area (Å²) in [4.78, 5) is 21.3. The molecule has 1 aromatic carbocycles. The Bertz CT molecular complexity index is 540. The van der Waals surface area contributed by atoms with E-state index in [9.17, 15) is 14.9 Å². The summed E-state index contributed by atoms with van der Waals surface area (Å²) in [6.07, 6.45) is 5.11.